The summed E-state index contributed by atoms with van der Waals surface area (Å²) in [6, 6.07) is 6.95. The molecule has 3 rings (SSSR count). The fourth-order valence-corrected chi connectivity index (χ4v) is 3.91. The van der Waals surface area contributed by atoms with Crippen LogP contribution in [0.3, 0.4) is 0 Å². The molecule has 0 aliphatic carbocycles. The highest BCUT2D eigenvalue weighted by molar-refractivity contribution is 5.77. The van der Waals surface area contributed by atoms with Crippen molar-refractivity contribution in [2.75, 3.05) is 33.4 Å². The normalized spacial score (nSPS) is 26.9. The molecule has 1 amide bonds. The number of ether oxygens (including phenoxy) is 2. The van der Waals surface area contributed by atoms with Gasteiger partial charge >= 0.3 is 0 Å². The third-order valence-electron chi connectivity index (χ3n) is 5.12. The molecule has 2 heterocycles. The van der Waals surface area contributed by atoms with Crippen molar-refractivity contribution in [1.29, 1.82) is 0 Å². The van der Waals surface area contributed by atoms with Gasteiger partial charge in [0, 0.05) is 38.9 Å². The smallest absolute Gasteiger partial charge is 0.246 e. The summed E-state index contributed by atoms with van der Waals surface area (Å²) in [5, 5.41) is 2.87. The predicted molar refractivity (Wildman–Crippen MR) is 92.6 cm³/mol. The van der Waals surface area contributed by atoms with E-state index in [2.05, 4.69) is 10.2 Å². The Kier molecular flexibility index (Phi) is 6.04. The highest BCUT2D eigenvalue weighted by atomic mass is 19.1. The number of rotatable bonds is 6. The summed E-state index contributed by atoms with van der Waals surface area (Å²) in [4.78, 5) is 13.8. The monoisotopic (exact) mass is 350 g/mol. The van der Waals surface area contributed by atoms with Gasteiger partial charge in [0.1, 0.15) is 12.4 Å². The number of carbonyl (C=O) groups is 1. The molecule has 0 bridgehead atoms. The molecule has 2 fully saturated rings. The van der Waals surface area contributed by atoms with E-state index in [1.165, 1.54) is 13.2 Å². The lowest BCUT2D eigenvalue weighted by molar-refractivity contribution is -0.132. The predicted octanol–water partition coefficient (Wildman–Crippen LogP) is 2.10. The number of hydrogen-bond donors (Lipinski definition) is 1. The quantitative estimate of drug-likeness (QED) is 0.854. The van der Waals surface area contributed by atoms with E-state index >= 15 is 0 Å². The first-order valence-electron chi connectivity index (χ1n) is 8.99. The van der Waals surface area contributed by atoms with Crippen molar-refractivity contribution in [3.8, 4) is 0 Å². The van der Waals surface area contributed by atoms with E-state index in [9.17, 15) is 9.18 Å². The molecule has 138 valence electrons. The van der Waals surface area contributed by atoms with Crippen LogP contribution < -0.4 is 5.32 Å². The van der Waals surface area contributed by atoms with Crippen molar-refractivity contribution in [3.63, 3.8) is 0 Å². The Bertz CT molecular complexity index is 598. The number of nitrogens with zero attached hydrogens (tertiary/aromatic N) is 1. The van der Waals surface area contributed by atoms with Crippen LogP contribution in [0, 0.1) is 5.82 Å². The number of amides is 1. The van der Waals surface area contributed by atoms with Gasteiger partial charge in [0.15, 0.2) is 0 Å². The van der Waals surface area contributed by atoms with Gasteiger partial charge < -0.3 is 14.8 Å². The zero-order valence-corrected chi connectivity index (χ0v) is 14.8. The van der Waals surface area contributed by atoms with Crippen LogP contribution in [0.5, 0.6) is 0 Å². The lowest BCUT2D eigenvalue weighted by Crippen LogP contribution is -2.47. The summed E-state index contributed by atoms with van der Waals surface area (Å²) in [6.45, 7) is 2.96. The minimum atomic E-state index is -0.153. The number of carbonyl (C=O) groups excluding carboxylic acids is 1. The van der Waals surface area contributed by atoms with Crippen LogP contribution in [0.4, 0.5) is 4.39 Å². The van der Waals surface area contributed by atoms with Gasteiger partial charge in [0.25, 0.3) is 0 Å². The highest BCUT2D eigenvalue weighted by Gasteiger charge is 2.42. The lowest BCUT2D eigenvalue weighted by atomic mass is 9.90. The molecule has 2 aliphatic heterocycles. The number of nitrogens with one attached hydrogen (secondary N) is 1. The second-order valence-electron chi connectivity index (χ2n) is 7.10. The van der Waals surface area contributed by atoms with Crippen LogP contribution in [0.2, 0.25) is 0 Å². The molecule has 0 radical (unpaired) electrons. The third kappa shape index (κ3) is 4.77. The van der Waals surface area contributed by atoms with Gasteiger partial charge in [-0.25, -0.2) is 4.39 Å². The van der Waals surface area contributed by atoms with Crippen molar-refractivity contribution in [1.82, 2.24) is 10.2 Å². The molecule has 1 aromatic carbocycles. The van der Waals surface area contributed by atoms with Gasteiger partial charge in [-0.3, -0.25) is 9.69 Å². The molecule has 2 aliphatic rings. The Balaban J connectivity index is 1.52. The van der Waals surface area contributed by atoms with Gasteiger partial charge in [0.05, 0.1) is 11.7 Å². The lowest BCUT2D eigenvalue weighted by Gasteiger charge is -2.39. The molecule has 1 spiro atoms. The van der Waals surface area contributed by atoms with E-state index < -0.39 is 0 Å². The maximum absolute atomic E-state index is 13.9. The number of benzene rings is 1. The molecule has 6 heteroatoms. The zero-order chi connectivity index (χ0) is 17.7. The van der Waals surface area contributed by atoms with Crippen LogP contribution in [0.25, 0.3) is 0 Å². The molecule has 0 unspecified atom stereocenters. The van der Waals surface area contributed by atoms with Gasteiger partial charge in [0.2, 0.25) is 5.91 Å². The summed E-state index contributed by atoms with van der Waals surface area (Å²) in [6.07, 6.45) is 4.09. The second kappa shape index (κ2) is 8.25. The third-order valence-corrected chi connectivity index (χ3v) is 5.12. The van der Waals surface area contributed by atoms with Crippen molar-refractivity contribution in [2.45, 2.75) is 43.9 Å². The number of hydrogen-bond acceptors (Lipinski definition) is 4. The molecular weight excluding hydrogens is 323 g/mol. The van der Waals surface area contributed by atoms with Crippen LogP contribution in [-0.2, 0) is 20.8 Å². The zero-order valence-electron chi connectivity index (χ0n) is 14.8. The first-order chi connectivity index (χ1) is 12.1. The molecule has 0 aromatic heterocycles. The van der Waals surface area contributed by atoms with E-state index in [1.54, 1.807) is 6.07 Å². The van der Waals surface area contributed by atoms with Crippen molar-refractivity contribution in [2.24, 2.45) is 0 Å². The largest absolute Gasteiger partial charge is 0.375 e. The summed E-state index contributed by atoms with van der Waals surface area (Å²) in [7, 11) is 1.51. The van der Waals surface area contributed by atoms with Gasteiger partial charge in [-0.15, -0.1) is 0 Å². The number of methoxy groups -OCH3 is 1. The summed E-state index contributed by atoms with van der Waals surface area (Å²) in [5.41, 5.74) is 0.582. The number of likely N-dealkylation sites (tertiary alicyclic amines) is 1. The fourth-order valence-electron chi connectivity index (χ4n) is 3.91. The highest BCUT2D eigenvalue weighted by Crippen LogP contribution is 2.37. The minimum Gasteiger partial charge on any atom is -0.375 e. The van der Waals surface area contributed by atoms with Crippen molar-refractivity contribution >= 4 is 5.91 Å². The summed E-state index contributed by atoms with van der Waals surface area (Å²) >= 11 is 0. The Morgan fingerprint density at radius 2 is 2.28 bits per heavy atom. The summed E-state index contributed by atoms with van der Waals surface area (Å²) in [5.74, 6) is -0.259. The van der Waals surface area contributed by atoms with Gasteiger partial charge in [-0.05, 0) is 31.7 Å². The van der Waals surface area contributed by atoms with E-state index in [0.29, 0.717) is 13.1 Å². The van der Waals surface area contributed by atoms with E-state index in [-0.39, 0.29) is 30.0 Å². The second-order valence-corrected chi connectivity index (χ2v) is 7.10. The van der Waals surface area contributed by atoms with E-state index in [4.69, 9.17) is 9.47 Å². The average Bonchev–Trinajstić information content (AvgIpc) is 2.97. The molecule has 5 nitrogen and oxygen atoms in total. The first-order valence-corrected chi connectivity index (χ1v) is 8.99. The van der Waals surface area contributed by atoms with Crippen molar-refractivity contribution in [3.05, 3.63) is 35.6 Å². The Morgan fingerprint density at radius 3 is 3.08 bits per heavy atom. The van der Waals surface area contributed by atoms with E-state index in [1.807, 2.05) is 12.1 Å². The SMILES string of the molecule is COCC(=O)NC[C@@H]1CCC[C@@]2(CCN(Cc3ccccc3F)C2)O1. The standard InChI is InChI=1S/C19H27FN2O3/c1-24-13-18(23)21-11-16-6-4-8-19(25-16)9-10-22(14-19)12-15-5-2-3-7-17(15)20/h2-3,5,7,16H,4,6,8-14H2,1H3,(H,21,23)/t16-,19-/m0/s1. The van der Waals surface area contributed by atoms with Crippen molar-refractivity contribution < 1.29 is 18.7 Å². The molecule has 25 heavy (non-hydrogen) atoms. The van der Waals surface area contributed by atoms with Crippen LogP contribution in [0.15, 0.2) is 24.3 Å². The maximum Gasteiger partial charge on any atom is 0.246 e. The van der Waals surface area contributed by atoms with Crippen LogP contribution in [0.1, 0.15) is 31.2 Å². The molecule has 2 saturated heterocycles. The van der Waals surface area contributed by atoms with E-state index in [0.717, 1.165) is 44.3 Å². The van der Waals surface area contributed by atoms with Crippen LogP contribution >= 0.6 is 0 Å². The molecular formula is C19H27FN2O3. The Hall–Kier alpha value is -1.50. The molecule has 1 N–H and O–H groups in total. The summed E-state index contributed by atoms with van der Waals surface area (Å²) < 4.78 is 25.1. The Labute approximate surface area is 148 Å². The number of halogens is 1. The molecule has 0 saturated carbocycles. The first kappa shape index (κ1) is 18.3. The molecule has 2 atom stereocenters. The topological polar surface area (TPSA) is 50.8 Å². The Morgan fingerprint density at radius 1 is 1.44 bits per heavy atom. The minimum absolute atomic E-state index is 0.0444. The molecule has 1 aromatic rings. The average molecular weight is 350 g/mol. The van der Waals surface area contributed by atoms with Crippen LogP contribution in [-0.4, -0.2) is 55.9 Å². The maximum atomic E-state index is 13.9. The fraction of sp³-hybridized carbons (Fsp3) is 0.632. The van der Waals surface area contributed by atoms with Gasteiger partial charge in [-0.1, -0.05) is 18.2 Å². The van der Waals surface area contributed by atoms with Gasteiger partial charge in [-0.2, -0.15) is 0 Å².